The number of rotatable bonds is 3. The number of aromatic nitrogens is 2. The number of hydrogen-bond donors (Lipinski definition) is 0. The molecule has 0 amide bonds. The number of hydrogen-bond acceptors (Lipinski definition) is 2. The van der Waals surface area contributed by atoms with Gasteiger partial charge in [-0.15, -0.1) is 0 Å². The number of para-hydroxylation sites is 1. The summed E-state index contributed by atoms with van der Waals surface area (Å²) in [6.45, 7) is 0. The molecule has 0 N–H and O–H groups in total. The zero-order chi connectivity index (χ0) is 13.9. The molecule has 0 radical (unpaired) electrons. The number of carbonyl (C=O) groups is 1. The predicted octanol–water partition coefficient (Wildman–Crippen LogP) is 3.49. The lowest BCUT2D eigenvalue weighted by atomic mass is 10.1. The summed E-state index contributed by atoms with van der Waals surface area (Å²) in [6.07, 6.45) is 2.25. The van der Waals surface area contributed by atoms with E-state index < -0.39 is 5.82 Å². The van der Waals surface area contributed by atoms with Crippen molar-refractivity contribution >= 4 is 6.29 Å². The Bertz CT molecular complexity index is 750. The van der Waals surface area contributed by atoms with Crippen LogP contribution in [0.15, 0.2) is 60.8 Å². The Kier molecular flexibility index (Phi) is 3.13. The monoisotopic (exact) mass is 266 g/mol. The van der Waals surface area contributed by atoms with Crippen molar-refractivity contribution < 1.29 is 9.18 Å². The van der Waals surface area contributed by atoms with Crippen molar-refractivity contribution in [2.45, 2.75) is 0 Å². The first-order valence-electron chi connectivity index (χ1n) is 6.14. The van der Waals surface area contributed by atoms with E-state index in [-0.39, 0.29) is 0 Å². The molecule has 0 saturated heterocycles. The van der Waals surface area contributed by atoms with Gasteiger partial charge in [-0.05, 0) is 30.3 Å². The Labute approximate surface area is 115 Å². The van der Waals surface area contributed by atoms with Crippen molar-refractivity contribution in [3.63, 3.8) is 0 Å². The molecular formula is C16H11FN2O. The lowest BCUT2D eigenvalue weighted by molar-refractivity contribution is 0.112. The molecular weight excluding hydrogens is 255 g/mol. The summed E-state index contributed by atoms with van der Waals surface area (Å²) in [5, 5.41) is 4.23. The van der Waals surface area contributed by atoms with Gasteiger partial charge in [0.1, 0.15) is 12.1 Å². The summed E-state index contributed by atoms with van der Waals surface area (Å²) in [7, 11) is 0. The highest BCUT2D eigenvalue weighted by Crippen LogP contribution is 2.25. The summed E-state index contributed by atoms with van der Waals surface area (Å²) in [5.41, 5.74) is 2.23. The number of carbonyl (C=O) groups excluding carboxylic acids is 1. The SMILES string of the molecule is O=Cc1ccc(-c2ccnn2-c2ccccc2)c(F)c1. The van der Waals surface area contributed by atoms with Gasteiger partial charge in [-0.25, -0.2) is 9.07 Å². The zero-order valence-corrected chi connectivity index (χ0v) is 10.5. The van der Waals surface area contributed by atoms with Crippen molar-refractivity contribution in [3.05, 3.63) is 72.2 Å². The van der Waals surface area contributed by atoms with E-state index in [2.05, 4.69) is 5.10 Å². The maximum atomic E-state index is 14.1. The second kappa shape index (κ2) is 5.09. The van der Waals surface area contributed by atoms with Gasteiger partial charge in [0.2, 0.25) is 0 Å². The third-order valence-corrected chi connectivity index (χ3v) is 3.05. The maximum absolute atomic E-state index is 14.1. The molecule has 0 unspecified atom stereocenters. The van der Waals surface area contributed by atoms with Crippen LogP contribution in [0.5, 0.6) is 0 Å². The van der Waals surface area contributed by atoms with Gasteiger partial charge in [0.05, 0.1) is 17.6 Å². The second-order valence-corrected chi connectivity index (χ2v) is 4.32. The molecule has 0 aliphatic carbocycles. The van der Waals surface area contributed by atoms with Crippen molar-refractivity contribution in [1.82, 2.24) is 9.78 Å². The molecule has 3 rings (SSSR count). The Morgan fingerprint density at radius 2 is 1.85 bits per heavy atom. The fourth-order valence-corrected chi connectivity index (χ4v) is 2.09. The van der Waals surface area contributed by atoms with Crippen LogP contribution >= 0.6 is 0 Å². The standard InChI is InChI=1S/C16H11FN2O/c17-15-10-12(11-20)6-7-14(15)16-8-9-18-19(16)13-4-2-1-3-5-13/h1-11H. The second-order valence-electron chi connectivity index (χ2n) is 4.32. The quantitative estimate of drug-likeness (QED) is 0.680. The number of aldehydes is 1. The average molecular weight is 266 g/mol. The van der Waals surface area contributed by atoms with E-state index in [0.29, 0.717) is 23.1 Å². The highest BCUT2D eigenvalue weighted by Gasteiger charge is 2.12. The highest BCUT2D eigenvalue weighted by molar-refractivity contribution is 5.77. The topological polar surface area (TPSA) is 34.9 Å². The molecule has 2 aromatic carbocycles. The van der Waals surface area contributed by atoms with Crippen LogP contribution in [-0.4, -0.2) is 16.1 Å². The summed E-state index contributed by atoms with van der Waals surface area (Å²) in [5.74, 6) is -0.438. The van der Waals surface area contributed by atoms with Crippen LogP contribution < -0.4 is 0 Å². The van der Waals surface area contributed by atoms with Crippen LogP contribution in [0.25, 0.3) is 16.9 Å². The number of halogens is 1. The molecule has 0 saturated carbocycles. The molecule has 0 fully saturated rings. The lowest BCUT2D eigenvalue weighted by Gasteiger charge is -2.08. The van der Waals surface area contributed by atoms with Gasteiger partial charge in [0, 0.05) is 11.1 Å². The summed E-state index contributed by atoms with van der Waals surface area (Å²) in [6, 6.07) is 15.6. The van der Waals surface area contributed by atoms with Gasteiger partial charge < -0.3 is 0 Å². The van der Waals surface area contributed by atoms with E-state index in [1.54, 1.807) is 29.1 Å². The number of benzene rings is 2. The minimum Gasteiger partial charge on any atom is -0.298 e. The molecule has 0 bridgehead atoms. The molecule has 0 spiro atoms. The Hall–Kier alpha value is -2.75. The molecule has 98 valence electrons. The normalized spacial score (nSPS) is 10.4. The minimum atomic E-state index is -0.438. The van der Waals surface area contributed by atoms with Crippen LogP contribution in [-0.2, 0) is 0 Å². The van der Waals surface area contributed by atoms with Crippen molar-refractivity contribution in [2.75, 3.05) is 0 Å². The lowest BCUT2D eigenvalue weighted by Crippen LogP contribution is -2.00. The van der Waals surface area contributed by atoms with Gasteiger partial charge in [-0.2, -0.15) is 5.10 Å². The molecule has 3 aromatic rings. The van der Waals surface area contributed by atoms with E-state index in [1.807, 2.05) is 30.3 Å². The van der Waals surface area contributed by atoms with E-state index >= 15 is 0 Å². The van der Waals surface area contributed by atoms with Gasteiger partial charge >= 0.3 is 0 Å². The van der Waals surface area contributed by atoms with Gasteiger partial charge in [-0.3, -0.25) is 4.79 Å². The van der Waals surface area contributed by atoms with Crippen molar-refractivity contribution in [3.8, 4) is 16.9 Å². The zero-order valence-electron chi connectivity index (χ0n) is 10.5. The fourth-order valence-electron chi connectivity index (χ4n) is 2.09. The largest absolute Gasteiger partial charge is 0.298 e. The van der Waals surface area contributed by atoms with Crippen LogP contribution in [0, 0.1) is 5.82 Å². The summed E-state index contributed by atoms with van der Waals surface area (Å²) < 4.78 is 15.8. The Morgan fingerprint density at radius 3 is 2.55 bits per heavy atom. The van der Waals surface area contributed by atoms with E-state index in [0.717, 1.165) is 5.69 Å². The van der Waals surface area contributed by atoms with E-state index in [4.69, 9.17) is 0 Å². The van der Waals surface area contributed by atoms with Gasteiger partial charge in [0.15, 0.2) is 0 Å². The molecule has 1 heterocycles. The molecule has 0 aliphatic heterocycles. The van der Waals surface area contributed by atoms with E-state index in [1.165, 1.54) is 6.07 Å². The molecule has 3 nitrogen and oxygen atoms in total. The Balaban J connectivity index is 2.13. The first-order valence-corrected chi connectivity index (χ1v) is 6.14. The average Bonchev–Trinajstić information content (AvgIpc) is 2.97. The predicted molar refractivity (Wildman–Crippen MR) is 74.3 cm³/mol. The maximum Gasteiger partial charge on any atom is 0.150 e. The third-order valence-electron chi connectivity index (χ3n) is 3.05. The minimum absolute atomic E-state index is 0.317. The third kappa shape index (κ3) is 2.12. The smallest absolute Gasteiger partial charge is 0.150 e. The summed E-state index contributed by atoms with van der Waals surface area (Å²) >= 11 is 0. The molecule has 1 aromatic heterocycles. The highest BCUT2D eigenvalue weighted by atomic mass is 19.1. The summed E-state index contributed by atoms with van der Waals surface area (Å²) in [4.78, 5) is 10.7. The van der Waals surface area contributed by atoms with Gasteiger partial charge in [-0.1, -0.05) is 24.3 Å². The van der Waals surface area contributed by atoms with Crippen molar-refractivity contribution in [1.29, 1.82) is 0 Å². The molecule has 4 heteroatoms. The van der Waals surface area contributed by atoms with Crippen LogP contribution in [0.2, 0.25) is 0 Å². The Morgan fingerprint density at radius 1 is 1.05 bits per heavy atom. The van der Waals surface area contributed by atoms with E-state index in [9.17, 15) is 9.18 Å². The van der Waals surface area contributed by atoms with Gasteiger partial charge in [0.25, 0.3) is 0 Å². The van der Waals surface area contributed by atoms with Crippen LogP contribution in [0.4, 0.5) is 4.39 Å². The van der Waals surface area contributed by atoms with Crippen LogP contribution in [0.1, 0.15) is 10.4 Å². The molecule has 0 atom stereocenters. The van der Waals surface area contributed by atoms with Crippen LogP contribution in [0.3, 0.4) is 0 Å². The first kappa shape index (κ1) is 12.3. The molecule has 0 aliphatic rings. The fraction of sp³-hybridized carbons (Fsp3) is 0. The van der Waals surface area contributed by atoms with Crippen molar-refractivity contribution in [2.24, 2.45) is 0 Å². The number of nitrogens with zero attached hydrogens (tertiary/aromatic N) is 2. The first-order chi connectivity index (χ1) is 9.79. The molecule has 20 heavy (non-hydrogen) atoms.